The molecule has 4 bridgehead atoms. The summed E-state index contributed by atoms with van der Waals surface area (Å²) in [6.07, 6.45) is 10.4. The van der Waals surface area contributed by atoms with Gasteiger partial charge in [-0.2, -0.15) is 0 Å². The normalized spacial score (nSPS) is 49.8. The molecule has 3 atom stereocenters. The molecule has 0 aromatic rings. The number of aliphatic hydroxyl groups is 3. The zero-order valence-electron chi connectivity index (χ0n) is 12.8. The lowest BCUT2D eigenvalue weighted by atomic mass is 9.46. The molecule has 3 nitrogen and oxygen atoms in total. The minimum absolute atomic E-state index is 0.296. The molecule has 3 unspecified atom stereocenters. The molecule has 0 aliphatic heterocycles. The van der Waals surface area contributed by atoms with Gasteiger partial charge in [0, 0.05) is 19.3 Å². The molecule has 4 fully saturated rings. The van der Waals surface area contributed by atoms with Crippen molar-refractivity contribution in [2.24, 2.45) is 11.8 Å². The van der Waals surface area contributed by atoms with Gasteiger partial charge in [0.2, 0.25) is 0 Å². The van der Waals surface area contributed by atoms with E-state index in [0.717, 1.165) is 19.3 Å². The van der Waals surface area contributed by atoms with E-state index in [1.54, 1.807) is 0 Å². The third kappa shape index (κ3) is 2.53. The molecule has 0 radical (unpaired) electrons. The van der Waals surface area contributed by atoms with E-state index in [2.05, 4.69) is 6.92 Å². The summed E-state index contributed by atoms with van der Waals surface area (Å²) < 4.78 is 0. The van der Waals surface area contributed by atoms with Crippen LogP contribution in [0.1, 0.15) is 77.6 Å². The Balaban J connectivity index is 1.63. The first kappa shape index (κ1) is 14.8. The van der Waals surface area contributed by atoms with E-state index in [4.69, 9.17) is 0 Å². The predicted molar refractivity (Wildman–Crippen MR) is 78.3 cm³/mol. The average molecular weight is 282 g/mol. The predicted octanol–water partition coefficient (Wildman–Crippen LogP) is 2.76. The van der Waals surface area contributed by atoms with Crippen LogP contribution in [0.3, 0.4) is 0 Å². The van der Waals surface area contributed by atoms with Gasteiger partial charge in [-0.05, 0) is 31.1 Å². The van der Waals surface area contributed by atoms with Crippen molar-refractivity contribution >= 4 is 0 Å². The van der Waals surface area contributed by atoms with Gasteiger partial charge in [-0.25, -0.2) is 0 Å². The van der Waals surface area contributed by atoms with Gasteiger partial charge in [-0.1, -0.05) is 39.0 Å². The van der Waals surface area contributed by atoms with Crippen molar-refractivity contribution in [3.05, 3.63) is 0 Å². The Labute approximate surface area is 122 Å². The van der Waals surface area contributed by atoms with Crippen molar-refractivity contribution in [1.29, 1.82) is 0 Å². The highest BCUT2D eigenvalue weighted by Crippen LogP contribution is 2.62. The number of rotatable bonds is 6. The van der Waals surface area contributed by atoms with Crippen molar-refractivity contribution in [2.45, 2.75) is 94.4 Å². The molecular formula is C17H30O3. The van der Waals surface area contributed by atoms with Crippen LogP contribution >= 0.6 is 0 Å². The van der Waals surface area contributed by atoms with E-state index in [9.17, 15) is 15.3 Å². The highest BCUT2D eigenvalue weighted by Gasteiger charge is 2.66. The zero-order chi connectivity index (χ0) is 14.4. The van der Waals surface area contributed by atoms with Gasteiger partial charge in [-0.3, -0.25) is 0 Å². The standard InChI is InChI=1S/C17H30O3/c1-2-3-4-5-6-7-14-13-8-15(18)10-16(19,9-13)12-17(14,20)11-15/h13-14,18-20H,2-12H2,1H3. The van der Waals surface area contributed by atoms with Crippen LogP contribution in [0.4, 0.5) is 0 Å². The molecule has 4 rings (SSSR count). The molecule has 4 aliphatic carbocycles. The zero-order valence-corrected chi connectivity index (χ0v) is 12.8. The van der Waals surface area contributed by atoms with Gasteiger partial charge < -0.3 is 15.3 Å². The lowest BCUT2D eigenvalue weighted by Crippen LogP contribution is -2.69. The molecule has 0 spiro atoms. The van der Waals surface area contributed by atoms with Crippen molar-refractivity contribution in [2.75, 3.05) is 0 Å². The summed E-state index contributed by atoms with van der Waals surface area (Å²) in [6, 6.07) is 0. The van der Waals surface area contributed by atoms with E-state index < -0.39 is 16.8 Å². The molecule has 4 aliphatic rings. The largest absolute Gasteiger partial charge is 0.390 e. The van der Waals surface area contributed by atoms with Gasteiger partial charge in [-0.15, -0.1) is 0 Å². The van der Waals surface area contributed by atoms with Crippen molar-refractivity contribution in [3.63, 3.8) is 0 Å². The minimum atomic E-state index is -0.812. The summed E-state index contributed by atoms with van der Waals surface area (Å²) in [4.78, 5) is 0. The summed E-state index contributed by atoms with van der Waals surface area (Å²) in [6.45, 7) is 2.22. The highest BCUT2D eigenvalue weighted by molar-refractivity contribution is 5.18. The summed E-state index contributed by atoms with van der Waals surface area (Å²) >= 11 is 0. The third-order valence-corrected chi connectivity index (χ3v) is 6.09. The molecule has 0 heterocycles. The maximum absolute atomic E-state index is 11.0. The van der Waals surface area contributed by atoms with Crippen LogP contribution in [0.5, 0.6) is 0 Å². The van der Waals surface area contributed by atoms with Crippen molar-refractivity contribution < 1.29 is 15.3 Å². The second-order valence-electron chi connectivity index (χ2n) is 8.06. The first-order chi connectivity index (χ1) is 9.38. The Kier molecular flexibility index (Phi) is 3.67. The maximum atomic E-state index is 11.0. The van der Waals surface area contributed by atoms with Crippen LogP contribution in [-0.4, -0.2) is 32.1 Å². The van der Waals surface area contributed by atoms with E-state index in [-0.39, 0.29) is 0 Å². The van der Waals surface area contributed by atoms with Gasteiger partial charge in [0.05, 0.1) is 16.8 Å². The Hall–Kier alpha value is -0.120. The van der Waals surface area contributed by atoms with Crippen LogP contribution in [0, 0.1) is 11.8 Å². The first-order valence-corrected chi connectivity index (χ1v) is 8.55. The van der Waals surface area contributed by atoms with Gasteiger partial charge in [0.25, 0.3) is 0 Å². The van der Waals surface area contributed by atoms with Gasteiger partial charge in [0.1, 0.15) is 0 Å². The molecular weight excluding hydrogens is 252 g/mol. The van der Waals surface area contributed by atoms with E-state index >= 15 is 0 Å². The smallest absolute Gasteiger partial charge is 0.0733 e. The Morgan fingerprint density at radius 1 is 0.850 bits per heavy atom. The summed E-state index contributed by atoms with van der Waals surface area (Å²) in [5.74, 6) is 0.613. The maximum Gasteiger partial charge on any atom is 0.0733 e. The lowest BCUT2D eigenvalue weighted by molar-refractivity contribution is -0.280. The minimum Gasteiger partial charge on any atom is -0.390 e. The molecule has 3 N–H and O–H groups in total. The van der Waals surface area contributed by atoms with E-state index in [1.807, 2.05) is 0 Å². The molecule has 0 amide bonds. The fourth-order valence-corrected chi connectivity index (χ4v) is 5.73. The Morgan fingerprint density at radius 2 is 1.45 bits per heavy atom. The molecule has 0 aromatic heterocycles. The Bertz CT molecular complexity index is 349. The number of hydrogen-bond donors (Lipinski definition) is 3. The average Bonchev–Trinajstić information content (AvgIpc) is 2.27. The van der Waals surface area contributed by atoms with Crippen LogP contribution in [0.15, 0.2) is 0 Å². The summed E-state index contributed by atoms with van der Waals surface area (Å²) in [5, 5.41) is 32.1. The molecule has 4 saturated carbocycles. The SMILES string of the molecule is CCCCCCCC1C2CC3(O)CC(O)(C2)CC1(O)C3. The third-order valence-electron chi connectivity index (χ3n) is 6.09. The quantitative estimate of drug-likeness (QED) is 0.657. The first-order valence-electron chi connectivity index (χ1n) is 8.55. The number of unbranched alkanes of at least 4 members (excludes halogenated alkanes) is 4. The van der Waals surface area contributed by atoms with Crippen LogP contribution < -0.4 is 0 Å². The molecule has 116 valence electrons. The summed E-state index contributed by atoms with van der Waals surface area (Å²) in [7, 11) is 0. The van der Waals surface area contributed by atoms with Gasteiger partial charge >= 0.3 is 0 Å². The number of hydrogen-bond acceptors (Lipinski definition) is 3. The second-order valence-corrected chi connectivity index (χ2v) is 8.06. The topological polar surface area (TPSA) is 60.7 Å². The monoisotopic (exact) mass is 282 g/mol. The second kappa shape index (κ2) is 4.96. The molecule has 20 heavy (non-hydrogen) atoms. The van der Waals surface area contributed by atoms with Crippen LogP contribution in [0.2, 0.25) is 0 Å². The van der Waals surface area contributed by atoms with Crippen molar-refractivity contribution in [1.82, 2.24) is 0 Å². The molecule has 0 aromatic carbocycles. The fourth-order valence-electron chi connectivity index (χ4n) is 5.73. The van der Waals surface area contributed by atoms with E-state index in [1.165, 1.54) is 32.1 Å². The molecule has 0 saturated heterocycles. The highest BCUT2D eigenvalue weighted by atomic mass is 16.3. The summed E-state index contributed by atoms with van der Waals surface area (Å²) in [5.41, 5.74) is -2.42. The Morgan fingerprint density at radius 3 is 2.00 bits per heavy atom. The fraction of sp³-hybridized carbons (Fsp3) is 1.00. The van der Waals surface area contributed by atoms with E-state index in [0.29, 0.717) is 31.1 Å². The van der Waals surface area contributed by atoms with Crippen LogP contribution in [0.25, 0.3) is 0 Å². The van der Waals surface area contributed by atoms with Gasteiger partial charge in [0.15, 0.2) is 0 Å². The lowest BCUT2D eigenvalue weighted by Gasteiger charge is -2.65. The van der Waals surface area contributed by atoms with Crippen molar-refractivity contribution in [3.8, 4) is 0 Å². The molecule has 3 heteroatoms. The van der Waals surface area contributed by atoms with Crippen LogP contribution in [-0.2, 0) is 0 Å².